The van der Waals surface area contributed by atoms with E-state index in [4.69, 9.17) is 9.68 Å². The van der Waals surface area contributed by atoms with Gasteiger partial charge in [0.1, 0.15) is 17.4 Å². The smallest absolute Gasteiger partial charge is 0.278 e. The van der Waals surface area contributed by atoms with E-state index in [0.717, 1.165) is 5.76 Å². The minimum absolute atomic E-state index is 0.00621. The Hall–Kier alpha value is -2.81. The predicted octanol–water partition coefficient (Wildman–Crippen LogP) is 2.59. The predicted molar refractivity (Wildman–Crippen MR) is 77.1 cm³/mol. The topological polar surface area (TPSA) is 87.1 Å². The summed E-state index contributed by atoms with van der Waals surface area (Å²) < 4.78 is 6.86. The molecule has 3 heterocycles. The molecule has 0 aliphatic rings. The van der Waals surface area contributed by atoms with Crippen molar-refractivity contribution in [1.82, 2.24) is 14.6 Å². The zero-order chi connectivity index (χ0) is 15.1. The molecule has 0 aromatic carbocycles. The van der Waals surface area contributed by atoms with E-state index in [9.17, 15) is 4.79 Å². The minimum Gasteiger partial charge on any atom is -0.460 e. The fourth-order valence-electron chi connectivity index (χ4n) is 2.41. The van der Waals surface area contributed by atoms with Crippen LogP contribution in [0.4, 0.5) is 0 Å². The molecule has 0 saturated heterocycles. The number of hydrogen-bond donors (Lipinski definition) is 1. The molecule has 3 aromatic rings. The summed E-state index contributed by atoms with van der Waals surface area (Å²) in [6, 6.07) is 5.67. The third kappa shape index (κ3) is 1.94. The lowest BCUT2D eigenvalue weighted by Gasteiger charge is -2.11. The standard InChI is InChI=1S/C15H14N4O2/c1-8(2)12-13(11-5-4-9(3)21-11)18-14-10(6-16)7-17-19(14)15(12)20/h4-5,7-8,18H,1-3H3. The second-order valence-electron chi connectivity index (χ2n) is 5.21. The fraction of sp³-hybridized carbons (Fsp3) is 0.267. The van der Waals surface area contributed by atoms with Crippen LogP contribution in [0.25, 0.3) is 17.1 Å². The summed E-state index contributed by atoms with van der Waals surface area (Å²) in [5.41, 5.74) is 1.67. The van der Waals surface area contributed by atoms with Crippen LogP contribution in [0.15, 0.2) is 27.5 Å². The quantitative estimate of drug-likeness (QED) is 0.782. The fourth-order valence-corrected chi connectivity index (χ4v) is 2.41. The number of H-pyrrole nitrogens is 1. The van der Waals surface area contributed by atoms with Crippen LogP contribution >= 0.6 is 0 Å². The van der Waals surface area contributed by atoms with Gasteiger partial charge in [0.05, 0.1) is 11.9 Å². The molecule has 1 N–H and O–H groups in total. The van der Waals surface area contributed by atoms with Crippen LogP contribution in [0, 0.1) is 18.3 Å². The van der Waals surface area contributed by atoms with Crippen LogP contribution in [0.5, 0.6) is 0 Å². The summed E-state index contributed by atoms with van der Waals surface area (Å²) in [6.07, 6.45) is 1.38. The summed E-state index contributed by atoms with van der Waals surface area (Å²) in [6.45, 7) is 5.71. The van der Waals surface area contributed by atoms with Crippen molar-refractivity contribution in [3.8, 4) is 17.5 Å². The Morgan fingerprint density at radius 3 is 2.76 bits per heavy atom. The number of aromatic amines is 1. The number of hydrogen-bond acceptors (Lipinski definition) is 4. The zero-order valence-corrected chi connectivity index (χ0v) is 12.0. The molecule has 0 amide bonds. The summed E-state index contributed by atoms with van der Waals surface area (Å²) in [4.78, 5) is 15.8. The Labute approximate surface area is 120 Å². The highest BCUT2D eigenvalue weighted by Gasteiger charge is 2.20. The summed E-state index contributed by atoms with van der Waals surface area (Å²) >= 11 is 0. The number of rotatable bonds is 2. The van der Waals surface area contributed by atoms with E-state index in [-0.39, 0.29) is 11.5 Å². The number of aromatic nitrogens is 3. The molecule has 0 fully saturated rings. The van der Waals surface area contributed by atoms with Gasteiger partial charge in [-0.05, 0) is 25.0 Å². The molecular formula is C15H14N4O2. The van der Waals surface area contributed by atoms with Gasteiger partial charge in [-0.25, -0.2) is 0 Å². The van der Waals surface area contributed by atoms with E-state index in [2.05, 4.69) is 10.1 Å². The van der Waals surface area contributed by atoms with Gasteiger partial charge in [-0.1, -0.05) is 13.8 Å². The van der Waals surface area contributed by atoms with Gasteiger partial charge in [0.25, 0.3) is 5.56 Å². The molecule has 0 unspecified atom stereocenters. The molecule has 0 bridgehead atoms. The molecule has 3 aromatic heterocycles. The molecule has 106 valence electrons. The first-order chi connectivity index (χ1) is 10.0. The first-order valence-corrected chi connectivity index (χ1v) is 6.63. The van der Waals surface area contributed by atoms with Crippen LogP contribution in [0.2, 0.25) is 0 Å². The van der Waals surface area contributed by atoms with Crippen LogP contribution in [-0.2, 0) is 0 Å². The Morgan fingerprint density at radius 1 is 1.43 bits per heavy atom. The molecule has 21 heavy (non-hydrogen) atoms. The lowest BCUT2D eigenvalue weighted by Crippen LogP contribution is -2.22. The van der Waals surface area contributed by atoms with Crippen molar-refractivity contribution in [3.63, 3.8) is 0 Å². The summed E-state index contributed by atoms with van der Waals surface area (Å²) in [5, 5.41) is 13.1. The molecule has 0 spiro atoms. The number of nitrogens with zero attached hydrogens (tertiary/aromatic N) is 3. The van der Waals surface area contributed by atoms with Crippen molar-refractivity contribution >= 4 is 5.65 Å². The van der Waals surface area contributed by atoms with Gasteiger partial charge in [-0.3, -0.25) is 4.79 Å². The second kappa shape index (κ2) is 4.63. The Bertz CT molecular complexity index is 921. The lowest BCUT2D eigenvalue weighted by atomic mass is 10.0. The average molecular weight is 282 g/mol. The molecule has 0 aliphatic heterocycles. The van der Waals surface area contributed by atoms with Gasteiger partial charge >= 0.3 is 0 Å². The van der Waals surface area contributed by atoms with Crippen molar-refractivity contribution in [2.45, 2.75) is 26.7 Å². The number of aryl methyl sites for hydroxylation is 1. The number of fused-ring (bicyclic) bond motifs is 1. The van der Waals surface area contributed by atoms with Crippen molar-refractivity contribution in [2.75, 3.05) is 0 Å². The van der Waals surface area contributed by atoms with E-state index < -0.39 is 0 Å². The molecular weight excluding hydrogens is 268 g/mol. The first-order valence-electron chi connectivity index (χ1n) is 6.63. The number of nitrogens with one attached hydrogen (secondary N) is 1. The van der Waals surface area contributed by atoms with Gasteiger partial charge in [0.15, 0.2) is 11.4 Å². The third-order valence-corrected chi connectivity index (χ3v) is 3.39. The Balaban J connectivity index is 2.44. The van der Waals surface area contributed by atoms with E-state index in [1.54, 1.807) is 0 Å². The van der Waals surface area contributed by atoms with Crippen molar-refractivity contribution < 1.29 is 4.42 Å². The van der Waals surface area contributed by atoms with Crippen LogP contribution in [-0.4, -0.2) is 14.6 Å². The molecule has 0 radical (unpaired) electrons. The second-order valence-corrected chi connectivity index (χ2v) is 5.21. The van der Waals surface area contributed by atoms with Gasteiger partial charge < -0.3 is 9.40 Å². The minimum atomic E-state index is -0.232. The number of furan rings is 1. The monoisotopic (exact) mass is 282 g/mol. The van der Waals surface area contributed by atoms with E-state index >= 15 is 0 Å². The summed E-state index contributed by atoms with van der Waals surface area (Å²) in [5.74, 6) is 1.34. The normalized spacial score (nSPS) is 11.2. The zero-order valence-electron chi connectivity index (χ0n) is 12.0. The van der Waals surface area contributed by atoms with Crippen molar-refractivity contribution in [3.05, 3.63) is 45.6 Å². The van der Waals surface area contributed by atoms with E-state index in [1.807, 2.05) is 39.0 Å². The Morgan fingerprint density at radius 2 is 2.19 bits per heavy atom. The van der Waals surface area contributed by atoms with Crippen LogP contribution < -0.4 is 5.56 Å². The average Bonchev–Trinajstić information content (AvgIpc) is 3.03. The maximum Gasteiger partial charge on any atom is 0.278 e. The molecule has 6 heteroatoms. The largest absolute Gasteiger partial charge is 0.460 e. The molecule has 0 atom stereocenters. The number of nitriles is 1. The van der Waals surface area contributed by atoms with Crippen molar-refractivity contribution in [1.29, 1.82) is 5.26 Å². The van der Waals surface area contributed by atoms with Crippen LogP contribution in [0.1, 0.15) is 36.7 Å². The molecule has 3 rings (SSSR count). The maximum absolute atomic E-state index is 12.6. The van der Waals surface area contributed by atoms with Crippen LogP contribution in [0.3, 0.4) is 0 Å². The third-order valence-electron chi connectivity index (χ3n) is 3.39. The first kappa shape index (κ1) is 13.2. The van der Waals surface area contributed by atoms with E-state index in [1.165, 1.54) is 10.7 Å². The van der Waals surface area contributed by atoms with E-state index in [0.29, 0.717) is 28.2 Å². The molecule has 0 saturated carbocycles. The van der Waals surface area contributed by atoms with Gasteiger partial charge in [0, 0.05) is 5.56 Å². The highest BCUT2D eigenvalue weighted by Crippen LogP contribution is 2.27. The van der Waals surface area contributed by atoms with Gasteiger partial charge in [-0.2, -0.15) is 14.9 Å². The Kier molecular flexibility index (Phi) is 2.91. The maximum atomic E-state index is 12.6. The van der Waals surface area contributed by atoms with Gasteiger partial charge in [-0.15, -0.1) is 0 Å². The molecule has 6 nitrogen and oxygen atoms in total. The summed E-state index contributed by atoms with van der Waals surface area (Å²) in [7, 11) is 0. The molecule has 0 aliphatic carbocycles. The van der Waals surface area contributed by atoms with Gasteiger partial charge in [0.2, 0.25) is 0 Å². The lowest BCUT2D eigenvalue weighted by molar-refractivity contribution is 0.544. The SMILES string of the molecule is Cc1ccc(-c2[nH]c3c(C#N)cnn3c(=O)c2C(C)C)o1. The highest BCUT2D eigenvalue weighted by molar-refractivity contribution is 5.64. The van der Waals surface area contributed by atoms with Crippen molar-refractivity contribution in [2.24, 2.45) is 0 Å². The highest BCUT2D eigenvalue weighted by atomic mass is 16.3.